The summed E-state index contributed by atoms with van der Waals surface area (Å²) in [6, 6.07) is 22.3. The molecule has 0 saturated carbocycles. The van der Waals surface area contributed by atoms with Gasteiger partial charge in [-0.25, -0.2) is 0 Å². The number of hydrogen-bond donors (Lipinski definition) is 0. The molecule has 114 valence electrons. The van der Waals surface area contributed by atoms with E-state index in [4.69, 9.17) is 0 Å². The number of halogens is 1. The summed E-state index contributed by atoms with van der Waals surface area (Å²) in [7, 11) is 0. The average molecular weight is 363 g/mol. The van der Waals surface area contributed by atoms with Gasteiger partial charge in [-0.05, 0) is 58.5 Å². The molecule has 0 unspecified atom stereocenters. The fourth-order valence-corrected chi connectivity index (χ4v) is 3.94. The quantitative estimate of drug-likeness (QED) is 0.450. The summed E-state index contributed by atoms with van der Waals surface area (Å²) >= 11 is 3.51. The van der Waals surface area contributed by atoms with Gasteiger partial charge in [0.05, 0.1) is 0 Å². The number of hydrogen-bond acceptors (Lipinski definition) is 0. The first-order valence-corrected chi connectivity index (χ1v) is 8.78. The molecule has 1 aliphatic carbocycles. The third-order valence-corrected chi connectivity index (χ3v) is 5.54. The van der Waals surface area contributed by atoms with Crippen molar-refractivity contribution in [2.24, 2.45) is 0 Å². The van der Waals surface area contributed by atoms with Crippen molar-refractivity contribution in [2.45, 2.75) is 26.2 Å². The summed E-state index contributed by atoms with van der Waals surface area (Å²) in [4.78, 5) is 0. The molecule has 0 nitrogen and oxygen atoms in total. The molecule has 0 N–H and O–H groups in total. The average Bonchev–Trinajstić information content (AvgIpc) is 2.76. The Balaban J connectivity index is 1.90. The van der Waals surface area contributed by atoms with Gasteiger partial charge in [0, 0.05) is 9.89 Å². The van der Waals surface area contributed by atoms with Crippen LogP contribution in [-0.4, -0.2) is 0 Å². The van der Waals surface area contributed by atoms with Gasteiger partial charge in [-0.15, -0.1) is 0 Å². The summed E-state index contributed by atoms with van der Waals surface area (Å²) in [5.41, 5.74) is 9.58. The van der Waals surface area contributed by atoms with E-state index in [2.05, 4.69) is 97.4 Å². The third-order valence-electron chi connectivity index (χ3n) is 5.01. The Bertz CT molecular complexity index is 902. The number of aryl methyl sites for hydroxylation is 1. The van der Waals surface area contributed by atoms with E-state index >= 15 is 0 Å². The first kappa shape index (κ1) is 14.7. The van der Waals surface area contributed by atoms with Gasteiger partial charge >= 0.3 is 0 Å². The van der Waals surface area contributed by atoms with E-state index in [-0.39, 0.29) is 5.41 Å². The Hall–Kier alpha value is -1.86. The Labute approximate surface area is 146 Å². The van der Waals surface area contributed by atoms with Crippen LogP contribution < -0.4 is 0 Å². The van der Waals surface area contributed by atoms with Gasteiger partial charge in [0.25, 0.3) is 0 Å². The molecule has 23 heavy (non-hydrogen) atoms. The zero-order valence-corrected chi connectivity index (χ0v) is 15.2. The molecule has 0 atom stereocenters. The summed E-state index contributed by atoms with van der Waals surface area (Å²) in [6.07, 6.45) is 0. The van der Waals surface area contributed by atoms with Crippen molar-refractivity contribution in [2.75, 3.05) is 0 Å². The van der Waals surface area contributed by atoms with Gasteiger partial charge in [0.15, 0.2) is 0 Å². The summed E-state index contributed by atoms with van der Waals surface area (Å²) in [5.74, 6) is 0. The van der Waals surface area contributed by atoms with Crippen LogP contribution in [0.2, 0.25) is 0 Å². The van der Waals surface area contributed by atoms with E-state index in [1.54, 1.807) is 0 Å². The Morgan fingerprint density at radius 2 is 1.26 bits per heavy atom. The van der Waals surface area contributed by atoms with Gasteiger partial charge < -0.3 is 0 Å². The van der Waals surface area contributed by atoms with E-state index in [1.165, 1.54) is 38.9 Å². The molecule has 0 bridgehead atoms. The lowest BCUT2D eigenvalue weighted by atomic mass is 9.81. The molecule has 0 spiro atoms. The normalized spacial score (nSPS) is 14.4. The number of benzene rings is 3. The molecule has 3 aromatic rings. The summed E-state index contributed by atoms with van der Waals surface area (Å²) < 4.78 is 1.12. The number of rotatable bonds is 1. The second-order valence-electron chi connectivity index (χ2n) is 6.94. The minimum Gasteiger partial charge on any atom is -0.0587 e. The smallest absolute Gasteiger partial charge is 0.0175 e. The van der Waals surface area contributed by atoms with Crippen molar-refractivity contribution >= 4 is 15.9 Å². The molecule has 0 amide bonds. The largest absolute Gasteiger partial charge is 0.0587 e. The fourth-order valence-electron chi connectivity index (χ4n) is 3.67. The van der Waals surface area contributed by atoms with Crippen molar-refractivity contribution in [1.82, 2.24) is 0 Å². The Kier molecular flexibility index (Phi) is 3.24. The SMILES string of the molecule is Cc1ccc2c(c1)C(C)(C)c1cc(-c3ccc(Br)cc3)ccc1-2. The molecule has 0 radical (unpaired) electrons. The van der Waals surface area contributed by atoms with Crippen LogP contribution >= 0.6 is 15.9 Å². The molecule has 0 heterocycles. The first-order valence-electron chi connectivity index (χ1n) is 7.99. The van der Waals surface area contributed by atoms with E-state index in [0.717, 1.165) is 4.47 Å². The maximum Gasteiger partial charge on any atom is 0.0175 e. The van der Waals surface area contributed by atoms with Crippen LogP contribution in [0.1, 0.15) is 30.5 Å². The first-order chi connectivity index (χ1) is 11.0. The zero-order chi connectivity index (χ0) is 16.2. The van der Waals surface area contributed by atoms with Crippen LogP contribution in [0.15, 0.2) is 65.1 Å². The third kappa shape index (κ3) is 2.26. The van der Waals surface area contributed by atoms with Gasteiger partial charge in [0.2, 0.25) is 0 Å². The maximum atomic E-state index is 3.51. The molecule has 1 heteroatoms. The Morgan fingerprint density at radius 1 is 0.696 bits per heavy atom. The van der Waals surface area contributed by atoms with Crippen LogP contribution in [0.5, 0.6) is 0 Å². The zero-order valence-electron chi connectivity index (χ0n) is 13.7. The van der Waals surface area contributed by atoms with E-state index in [9.17, 15) is 0 Å². The molecular formula is C22H19Br. The van der Waals surface area contributed by atoms with E-state index < -0.39 is 0 Å². The standard InChI is InChI=1S/C22H19Br/c1-14-4-10-18-19-11-7-16(15-5-8-17(23)9-6-15)13-21(19)22(2,3)20(18)12-14/h4-13H,1-3H3. The summed E-state index contributed by atoms with van der Waals surface area (Å²) in [5, 5.41) is 0. The topological polar surface area (TPSA) is 0 Å². The Morgan fingerprint density at radius 3 is 1.96 bits per heavy atom. The van der Waals surface area contributed by atoms with Gasteiger partial charge in [0.1, 0.15) is 0 Å². The van der Waals surface area contributed by atoms with Crippen molar-refractivity contribution in [3.8, 4) is 22.3 Å². The van der Waals surface area contributed by atoms with Gasteiger partial charge in [-0.3, -0.25) is 0 Å². The monoisotopic (exact) mass is 362 g/mol. The summed E-state index contributed by atoms with van der Waals surface area (Å²) in [6.45, 7) is 6.84. The van der Waals surface area contributed by atoms with Crippen LogP contribution in [0.3, 0.4) is 0 Å². The predicted molar refractivity (Wildman–Crippen MR) is 102 cm³/mol. The molecule has 0 saturated heterocycles. The second-order valence-corrected chi connectivity index (χ2v) is 7.86. The molecular weight excluding hydrogens is 344 g/mol. The van der Waals surface area contributed by atoms with Crippen molar-refractivity contribution < 1.29 is 0 Å². The predicted octanol–water partition coefficient (Wildman–Crippen LogP) is 6.73. The van der Waals surface area contributed by atoms with E-state index in [1.807, 2.05) is 0 Å². The highest BCUT2D eigenvalue weighted by molar-refractivity contribution is 9.10. The van der Waals surface area contributed by atoms with Crippen LogP contribution in [0.25, 0.3) is 22.3 Å². The highest BCUT2D eigenvalue weighted by Gasteiger charge is 2.35. The van der Waals surface area contributed by atoms with Crippen LogP contribution in [0, 0.1) is 6.92 Å². The molecule has 0 fully saturated rings. The molecule has 1 aliphatic rings. The number of fused-ring (bicyclic) bond motifs is 3. The molecule has 4 rings (SSSR count). The van der Waals surface area contributed by atoms with Crippen molar-refractivity contribution in [3.63, 3.8) is 0 Å². The highest BCUT2D eigenvalue weighted by atomic mass is 79.9. The fraction of sp³-hybridized carbons (Fsp3) is 0.182. The van der Waals surface area contributed by atoms with Crippen molar-refractivity contribution in [1.29, 1.82) is 0 Å². The maximum absolute atomic E-state index is 3.51. The van der Waals surface area contributed by atoms with Gasteiger partial charge in [-0.1, -0.05) is 77.8 Å². The lowest BCUT2D eigenvalue weighted by Crippen LogP contribution is -2.15. The lowest BCUT2D eigenvalue weighted by molar-refractivity contribution is 0.660. The van der Waals surface area contributed by atoms with Crippen LogP contribution in [0.4, 0.5) is 0 Å². The minimum atomic E-state index is 0.0576. The second kappa shape index (κ2) is 5.07. The molecule has 0 aromatic heterocycles. The van der Waals surface area contributed by atoms with Crippen LogP contribution in [-0.2, 0) is 5.41 Å². The van der Waals surface area contributed by atoms with Crippen molar-refractivity contribution in [3.05, 3.63) is 81.8 Å². The lowest BCUT2D eigenvalue weighted by Gasteiger charge is -2.22. The van der Waals surface area contributed by atoms with Gasteiger partial charge in [-0.2, -0.15) is 0 Å². The highest BCUT2D eigenvalue weighted by Crippen LogP contribution is 2.49. The van der Waals surface area contributed by atoms with E-state index in [0.29, 0.717) is 0 Å². The molecule has 3 aromatic carbocycles. The molecule has 0 aliphatic heterocycles. The minimum absolute atomic E-state index is 0.0576.